The van der Waals surface area contributed by atoms with Gasteiger partial charge < -0.3 is 10.1 Å². The van der Waals surface area contributed by atoms with E-state index in [9.17, 15) is 0 Å². The molecule has 0 saturated carbocycles. The van der Waals surface area contributed by atoms with Gasteiger partial charge in [-0.25, -0.2) is 4.98 Å². The summed E-state index contributed by atoms with van der Waals surface area (Å²) in [5.74, 6) is 1.73. The van der Waals surface area contributed by atoms with Crippen molar-refractivity contribution in [3.05, 3.63) is 18.1 Å². The van der Waals surface area contributed by atoms with Gasteiger partial charge in [0, 0.05) is 24.2 Å². The first-order valence-corrected chi connectivity index (χ1v) is 5.79. The maximum absolute atomic E-state index is 5.09. The lowest BCUT2D eigenvalue weighted by Crippen LogP contribution is -2.32. The molecule has 0 aliphatic carbocycles. The van der Waals surface area contributed by atoms with Gasteiger partial charge in [0.15, 0.2) is 0 Å². The molecule has 1 rings (SSSR count). The minimum absolute atomic E-state index is 0.279. The molecule has 0 bridgehead atoms. The van der Waals surface area contributed by atoms with Crippen molar-refractivity contribution >= 4 is 0 Å². The Morgan fingerprint density at radius 2 is 2.19 bits per heavy atom. The fraction of sp³-hybridized carbons (Fsp3) is 0.667. The highest BCUT2D eigenvalue weighted by molar-refractivity contribution is 5.11. The van der Waals surface area contributed by atoms with Crippen LogP contribution in [0.2, 0.25) is 0 Å². The molecule has 0 amide bonds. The van der Waals surface area contributed by atoms with Gasteiger partial charge in [0.1, 0.15) is 5.82 Å². The van der Waals surface area contributed by atoms with Gasteiger partial charge >= 0.3 is 0 Å². The van der Waals surface area contributed by atoms with E-state index < -0.39 is 0 Å². The zero-order chi connectivity index (χ0) is 12.0. The molecular weight excluding hydrogens is 202 g/mol. The maximum Gasteiger partial charge on any atom is 0.216 e. The molecular formula is C12H21N3O. The van der Waals surface area contributed by atoms with Crippen molar-refractivity contribution in [1.29, 1.82) is 0 Å². The van der Waals surface area contributed by atoms with Crippen molar-refractivity contribution in [2.45, 2.75) is 39.2 Å². The Bertz CT molecular complexity index is 317. The number of nitrogens with zero attached hydrogens (tertiary/aromatic N) is 2. The third kappa shape index (κ3) is 3.45. The van der Waals surface area contributed by atoms with Gasteiger partial charge in [-0.1, -0.05) is 13.8 Å². The van der Waals surface area contributed by atoms with Crippen LogP contribution in [0, 0.1) is 0 Å². The van der Waals surface area contributed by atoms with E-state index in [-0.39, 0.29) is 5.92 Å². The summed E-state index contributed by atoms with van der Waals surface area (Å²) >= 11 is 0. The predicted molar refractivity (Wildman–Crippen MR) is 64.8 cm³/mol. The van der Waals surface area contributed by atoms with E-state index >= 15 is 0 Å². The number of rotatable bonds is 6. The lowest BCUT2D eigenvalue weighted by molar-refractivity contribution is 0.389. The molecule has 4 nitrogen and oxygen atoms in total. The zero-order valence-electron chi connectivity index (χ0n) is 10.5. The summed E-state index contributed by atoms with van der Waals surface area (Å²) in [7, 11) is 1.62. The second-order valence-electron chi connectivity index (χ2n) is 3.99. The first kappa shape index (κ1) is 12.9. The molecule has 4 heteroatoms. The standard InChI is InChI=1S/C12H21N3O/c1-5-7-13-10(3)9(2)12-14-8-6-11(15-12)16-4/h6,8-10,13H,5,7H2,1-4H3. The third-order valence-electron chi connectivity index (χ3n) is 2.73. The Balaban J connectivity index is 2.67. The van der Waals surface area contributed by atoms with Gasteiger partial charge in [-0.05, 0) is 19.9 Å². The summed E-state index contributed by atoms with van der Waals surface area (Å²) in [4.78, 5) is 8.63. The molecule has 16 heavy (non-hydrogen) atoms. The minimum atomic E-state index is 0.279. The Hall–Kier alpha value is -1.16. The molecule has 1 N–H and O–H groups in total. The Kier molecular flexibility index (Phi) is 5.19. The molecule has 0 spiro atoms. The molecule has 0 aliphatic heterocycles. The van der Waals surface area contributed by atoms with E-state index in [1.807, 2.05) is 0 Å². The van der Waals surface area contributed by atoms with E-state index in [0.717, 1.165) is 18.8 Å². The van der Waals surface area contributed by atoms with E-state index in [0.29, 0.717) is 11.9 Å². The number of hydrogen-bond acceptors (Lipinski definition) is 4. The fourth-order valence-electron chi connectivity index (χ4n) is 1.46. The predicted octanol–water partition coefficient (Wildman–Crippen LogP) is 1.98. The highest BCUT2D eigenvalue weighted by Crippen LogP contribution is 2.16. The summed E-state index contributed by atoms with van der Waals surface area (Å²) in [5.41, 5.74) is 0. The van der Waals surface area contributed by atoms with Crippen molar-refractivity contribution in [3.63, 3.8) is 0 Å². The molecule has 1 aromatic heterocycles. The quantitative estimate of drug-likeness (QED) is 0.801. The summed E-state index contributed by atoms with van der Waals surface area (Å²) in [6, 6.07) is 2.13. The number of hydrogen-bond donors (Lipinski definition) is 1. The van der Waals surface area contributed by atoms with Gasteiger partial charge in [-0.2, -0.15) is 4.98 Å². The van der Waals surface area contributed by atoms with Gasteiger partial charge in [-0.3, -0.25) is 0 Å². The van der Waals surface area contributed by atoms with Gasteiger partial charge in [0.25, 0.3) is 0 Å². The second-order valence-corrected chi connectivity index (χ2v) is 3.99. The Labute approximate surface area is 97.5 Å². The third-order valence-corrected chi connectivity index (χ3v) is 2.73. The summed E-state index contributed by atoms with van der Waals surface area (Å²) < 4.78 is 5.09. The van der Waals surface area contributed by atoms with Crippen LogP contribution in [-0.2, 0) is 0 Å². The van der Waals surface area contributed by atoms with Crippen LogP contribution in [0.1, 0.15) is 38.9 Å². The fourth-order valence-corrected chi connectivity index (χ4v) is 1.46. The molecule has 0 aliphatic rings. The number of aromatic nitrogens is 2. The Morgan fingerprint density at radius 1 is 1.44 bits per heavy atom. The zero-order valence-corrected chi connectivity index (χ0v) is 10.5. The molecule has 0 radical (unpaired) electrons. The van der Waals surface area contributed by atoms with Crippen molar-refractivity contribution in [2.24, 2.45) is 0 Å². The number of methoxy groups -OCH3 is 1. The molecule has 0 aromatic carbocycles. The van der Waals surface area contributed by atoms with Crippen molar-refractivity contribution in [1.82, 2.24) is 15.3 Å². The highest BCUT2D eigenvalue weighted by Gasteiger charge is 2.16. The largest absolute Gasteiger partial charge is 0.481 e. The van der Waals surface area contributed by atoms with E-state index in [1.165, 1.54) is 0 Å². The van der Waals surface area contributed by atoms with Crippen LogP contribution in [0.25, 0.3) is 0 Å². The topological polar surface area (TPSA) is 47.0 Å². The first-order valence-electron chi connectivity index (χ1n) is 5.79. The Morgan fingerprint density at radius 3 is 2.81 bits per heavy atom. The molecule has 1 heterocycles. The van der Waals surface area contributed by atoms with Crippen LogP contribution in [0.4, 0.5) is 0 Å². The maximum atomic E-state index is 5.09. The second kappa shape index (κ2) is 6.43. The van der Waals surface area contributed by atoms with Crippen LogP contribution in [0.15, 0.2) is 12.3 Å². The summed E-state index contributed by atoms with van der Waals surface area (Å²) in [6.07, 6.45) is 2.88. The molecule has 0 fully saturated rings. The summed E-state index contributed by atoms with van der Waals surface area (Å²) in [6.45, 7) is 7.47. The van der Waals surface area contributed by atoms with Crippen molar-refractivity contribution < 1.29 is 4.74 Å². The molecule has 90 valence electrons. The molecule has 2 atom stereocenters. The summed E-state index contributed by atoms with van der Waals surface area (Å²) in [5, 5.41) is 3.45. The van der Waals surface area contributed by atoms with E-state index in [2.05, 4.69) is 36.1 Å². The molecule has 2 unspecified atom stereocenters. The number of nitrogens with one attached hydrogen (secondary N) is 1. The van der Waals surface area contributed by atoms with Crippen LogP contribution < -0.4 is 10.1 Å². The van der Waals surface area contributed by atoms with E-state index in [1.54, 1.807) is 19.4 Å². The molecule has 1 aromatic rings. The van der Waals surface area contributed by atoms with Gasteiger partial charge in [0.2, 0.25) is 5.88 Å². The minimum Gasteiger partial charge on any atom is -0.481 e. The monoisotopic (exact) mass is 223 g/mol. The average molecular weight is 223 g/mol. The van der Waals surface area contributed by atoms with E-state index in [4.69, 9.17) is 4.74 Å². The average Bonchev–Trinajstić information content (AvgIpc) is 2.35. The SMILES string of the molecule is CCCNC(C)C(C)c1nccc(OC)n1. The molecule has 0 saturated heterocycles. The highest BCUT2D eigenvalue weighted by atomic mass is 16.5. The number of ether oxygens (including phenoxy) is 1. The van der Waals surface area contributed by atoms with Crippen LogP contribution in [-0.4, -0.2) is 29.7 Å². The van der Waals surface area contributed by atoms with Crippen LogP contribution in [0.5, 0.6) is 5.88 Å². The van der Waals surface area contributed by atoms with Gasteiger partial charge in [0.05, 0.1) is 7.11 Å². The lowest BCUT2D eigenvalue weighted by Gasteiger charge is -2.20. The normalized spacial score (nSPS) is 14.5. The van der Waals surface area contributed by atoms with Crippen LogP contribution >= 0.6 is 0 Å². The van der Waals surface area contributed by atoms with Crippen molar-refractivity contribution in [3.8, 4) is 5.88 Å². The van der Waals surface area contributed by atoms with Crippen molar-refractivity contribution in [2.75, 3.05) is 13.7 Å². The first-order chi connectivity index (χ1) is 7.69. The lowest BCUT2D eigenvalue weighted by atomic mass is 10.0. The van der Waals surface area contributed by atoms with Gasteiger partial charge in [-0.15, -0.1) is 0 Å². The smallest absolute Gasteiger partial charge is 0.216 e. The van der Waals surface area contributed by atoms with Crippen LogP contribution in [0.3, 0.4) is 0 Å².